The van der Waals surface area contributed by atoms with Crippen molar-refractivity contribution in [2.75, 3.05) is 13.2 Å². The van der Waals surface area contributed by atoms with E-state index >= 15 is 0 Å². The highest BCUT2D eigenvalue weighted by atomic mass is 31.2. The minimum absolute atomic E-state index is 0.241. The molecule has 17 heavy (non-hydrogen) atoms. The zero-order chi connectivity index (χ0) is 13.5. The number of hydrogen-bond acceptors (Lipinski definition) is 4. The third-order valence-corrected chi connectivity index (χ3v) is 3.74. The fraction of sp³-hybridized carbons (Fsp3) is 0.750. The molecule has 0 rings (SSSR count). The summed E-state index contributed by atoms with van der Waals surface area (Å²) < 4.78 is 47.7. The molecule has 0 heterocycles. The van der Waals surface area contributed by atoms with Gasteiger partial charge in [0, 0.05) is 0 Å². The topological polar surface area (TPSA) is 89.0 Å². The molecule has 0 aliphatic rings. The molecule has 0 aromatic heterocycles. The predicted molar refractivity (Wildman–Crippen MR) is 55.1 cm³/mol. The van der Waals surface area contributed by atoms with E-state index < -0.39 is 25.5 Å². The standard InChI is InChI=1S/C8H13F2N2O4P/c1-3-15-17(14,16-4-2)8(9,10)5-7(13)6-12-11/h6H,3-5H2,1-2H3. The largest absolute Gasteiger partial charge is 0.400 e. The summed E-state index contributed by atoms with van der Waals surface area (Å²) >= 11 is 0. The van der Waals surface area contributed by atoms with Crippen LogP contribution in [0, 0.1) is 0 Å². The van der Waals surface area contributed by atoms with E-state index in [-0.39, 0.29) is 13.2 Å². The van der Waals surface area contributed by atoms with E-state index in [0.29, 0.717) is 6.21 Å². The van der Waals surface area contributed by atoms with Crippen LogP contribution < -0.4 is 0 Å². The van der Waals surface area contributed by atoms with E-state index in [4.69, 9.17) is 5.53 Å². The first kappa shape index (κ1) is 16.1. The zero-order valence-corrected chi connectivity index (χ0v) is 10.3. The Morgan fingerprint density at radius 3 is 2.24 bits per heavy atom. The number of rotatable bonds is 8. The first-order valence-corrected chi connectivity index (χ1v) is 6.34. The molecule has 0 aromatic rings. The van der Waals surface area contributed by atoms with Crippen LogP contribution in [-0.2, 0) is 18.4 Å². The average Bonchev–Trinajstić information content (AvgIpc) is 2.17. The molecular weight excluding hydrogens is 257 g/mol. The number of Topliss-reactive ketones (excluding diaryl/α,β-unsaturated/α-hetero) is 1. The van der Waals surface area contributed by atoms with Crippen molar-refractivity contribution in [3.8, 4) is 0 Å². The van der Waals surface area contributed by atoms with Crippen LogP contribution in [0.25, 0.3) is 5.53 Å². The van der Waals surface area contributed by atoms with Crippen LogP contribution in [0.15, 0.2) is 0 Å². The Bertz CT molecular complexity index is 359. The van der Waals surface area contributed by atoms with Crippen molar-refractivity contribution in [2.24, 2.45) is 0 Å². The van der Waals surface area contributed by atoms with Crippen LogP contribution in [0.2, 0.25) is 0 Å². The van der Waals surface area contributed by atoms with Gasteiger partial charge in [-0.25, -0.2) is 0 Å². The Hall–Kier alpha value is -0.940. The van der Waals surface area contributed by atoms with E-state index in [1.807, 2.05) is 0 Å². The van der Waals surface area contributed by atoms with Gasteiger partial charge >= 0.3 is 19.5 Å². The van der Waals surface area contributed by atoms with Gasteiger partial charge in [-0.15, -0.1) is 0 Å². The van der Waals surface area contributed by atoms with Gasteiger partial charge in [-0.3, -0.25) is 9.36 Å². The van der Waals surface area contributed by atoms with Crippen LogP contribution in [0.1, 0.15) is 20.3 Å². The van der Waals surface area contributed by atoms with Crippen molar-refractivity contribution in [1.82, 2.24) is 0 Å². The van der Waals surface area contributed by atoms with Crippen molar-refractivity contribution in [1.29, 1.82) is 0 Å². The molecule has 0 aliphatic heterocycles. The fourth-order valence-electron chi connectivity index (χ4n) is 0.983. The van der Waals surface area contributed by atoms with Crippen molar-refractivity contribution < 1.29 is 32.0 Å². The van der Waals surface area contributed by atoms with Gasteiger partial charge in [-0.05, 0) is 13.8 Å². The second-order valence-electron chi connectivity index (χ2n) is 2.89. The molecule has 0 unspecified atom stereocenters. The lowest BCUT2D eigenvalue weighted by Crippen LogP contribution is -2.25. The normalized spacial score (nSPS) is 12.0. The van der Waals surface area contributed by atoms with Crippen LogP contribution in [-0.4, -0.2) is 35.7 Å². The maximum absolute atomic E-state index is 13.5. The zero-order valence-electron chi connectivity index (χ0n) is 9.43. The van der Waals surface area contributed by atoms with Gasteiger partial charge in [0.15, 0.2) is 0 Å². The molecule has 0 aliphatic carbocycles. The Morgan fingerprint density at radius 1 is 1.41 bits per heavy atom. The highest BCUT2D eigenvalue weighted by Crippen LogP contribution is 2.63. The Labute approximate surface area is 97.1 Å². The molecule has 98 valence electrons. The number of ketones is 1. The van der Waals surface area contributed by atoms with E-state index in [2.05, 4.69) is 13.8 Å². The number of hydrogen-bond donors (Lipinski definition) is 0. The van der Waals surface area contributed by atoms with Gasteiger partial charge in [0.2, 0.25) is 5.78 Å². The highest BCUT2D eigenvalue weighted by molar-refractivity contribution is 7.55. The van der Waals surface area contributed by atoms with Crippen LogP contribution in [0.3, 0.4) is 0 Å². The summed E-state index contributed by atoms with van der Waals surface area (Å²) in [5.41, 5.74) is 4.05. The first-order chi connectivity index (χ1) is 7.83. The SMILES string of the molecule is CCOP(=O)(OCC)C(F)(F)CC(=O)C=[N+]=[N-]. The molecule has 0 saturated heterocycles. The minimum atomic E-state index is -4.70. The van der Waals surface area contributed by atoms with Gasteiger partial charge in [0.25, 0.3) is 0 Å². The molecule has 0 radical (unpaired) electrons. The van der Waals surface area contributed by atoms with E-state index in [9.17, 15) is 18.1 Å². The summed E-state index contributed by atoms with van der Waals surface area (Å²) in [6.45, 7) is 2.27. The summed E-state index contributed by atoms with van der Waals surface area (Å²) in [5, 5.41) is 0. The molecule has 0 bridgehead atoms. The smallest absolute Gasteiger partial charge is 0.361 e. The molecule has 6 nitrogen and oxygen atoms in total. The summed E-state index contributed by atoms with van der Waals surface area (Å²) in [6, 6.07) is 0. The summed E-state index contributed by atoms with van der Waals surface area (Å²) in [4.78, 5) is 13.2. The second-order valence-corrected chi connectivity index (χ2v) is 5.05. The molecule has 0 amide bonds. The summed E-state index contributed by atoms with van der Waals surface area (Å²) in [6.07, 6.45) is -1.11. The maximum atomic E-state index is 13.5. The van der Waals surface area contributed by atoms with E-state index in [1.165, 1.54) is 13.8 Å². The molecule has 0 spiro atoms. The fourth-order valence-corrected chi connectivity index (χ4v) is 2.46. The molecule has 0 atom stereocenters. The molecule has 0 N–H and O–H groups in total. The van der Waals surface area contributed by atoms with Gasteiger partial charge in [0.1, 0.15) is 0 Å². The Morgan fingerprint density at radius 2 is 1.88 bits per heavy atom. The predicted octanol–water partition coefficient (Wildman–Crippen LogP) is 2.11. The Kier molecular flexibility index (Phi) is 6.34. The van der Waals surface area contributed by atoms with Crippen molar-refractivity contribution in [3.63, 3.8) is 0 Å². The monoisotopic (exact) mass is 270 g/mol. The molecular formula is C8H13F2N2O4P. The summed E-state index contributed by atoms with van der Waals surface area (Å²) in [5.74, 6) is -1.18. The number of halogens is 2. The highest BCUT2D eigenvalue weighted by Gasteiger charge is 2.54. The Balaban J connectivity index is 5.01. The van der Waals surface area contributed by atoms with Crippen molar-refractivity contribution in [3.05, 3.63) is 5.53 Å². The van der Waals surface area contributed by atoms with Crippen LogP contribution in [0.4, 0.5) is 8.78 Å². The number of alkyl halides is 2. The second kappa shape index (κ2) is 6.71. The third kappa shape index (κ3) is 4.44. The average molecular weight is 270 g/mol. The number of carbonyl (C=O) groups excluding carboxylic acids is 1. The molecule has 0 saturated carbocycles. The first-order valence-electron chi connectivity index (χ1n) is 4.80. The lowest BCUT2D eigenvalue weighted by atomic mass is 10.3. The maximum Gasteiger partial charge on any atom is 0.400 e. The molecule has 0 fully saturated rings. The van der Waals surface area contributed by atoms with Gasteiger partial charge in [-0.2, -0.15) is 13.6 Å². The quantitative estimate of drug-likeness (QED) is 0.292. The van der Waals surface area contributed by atoms with Crippen molar-refractivity contribution in [2.45, 2.75) is 25.9 Å². The molecule has 9 heteroatoms. The van der Waals surface area contributed by atoms with Crippen molar-refractivity contribution >= 4 is 19.6 Å². The molecule has 0 aromatic carbocycles. The van der Waals surface area contributed by atoms with Gasteiger partial charge < -0.3 is 14.6 Å². The number of carbonyl (C=O) groups is 1. The number of nitrogens with zero attached hydrogens (tertiary/aromatic N) is 2. The van der Waals surface area contributed by atoms with Crippen LogP contribution in [0.5, 0.6) is 0 Å². The third-order valence-electron chi connectivity index (χ3n) is 1.59. The van der Waals surface area contributed by atoms with Gasteiger partial charge in [0.05, 0.1) is 19.6 Å². The van der Waals surface area contributed by atoms with Crippen LogP contribution >= 0.6 is 7.60 Å². The van der Waals surface area contributed by atoms with Gasteiger partial charge in [-0.1, -0.05) is 0 Å². The van der Waals surface area contributed by atoms with E-state index in [0.717, 1.165) is 0 Å². The summed E-state index contributed by atoms with van der Waals surface area (Å²) in [7, 11) is -4.70. The van der Waals surface area contributed by atoms with E-state index in [1.54, 1.807) is 0 Å². The lowest BCUT2D eigenvalue weighted by molar-refractivity contribution is -0.120. The lowest BCUT2D eigenvalue weighted by Gasteiger charge is -2.24. The minimum Gasteiger partial charge on any atom is -0.361 e.